The van der Waals surface area contributed by atoms with Gasteiger partial charge in [-0.1, -0.05) is 30.3 Å². The third-order valence-electron chi connectivity index (χ3n) is 5.24. The van der Waals surface area contributed by atoms with Gasteiger partial charge in [0.15, 0.2) is 5.96 Å². The standard InChI is InChI=1S/C23H33N5O.HI/c1-29-22-11-9-21(10-12-22)26-23(24)25-13-5-6-14-27-15-17-28(18-16-27)19-20-7-3-2-4-8-20;/h2-4,7-12H,5-6,13-19H2,1H3,(H3,24,25,26);1H. The largest absolute Gasteiger partial charge is 0.497 e. The van der Waals surface area contributed by atoms with E-state index in [0.717, 1.165) is 70.1 Å². The Morgan fingerprint density at radius 1 is 0.967 bits per heavy atom. The normalized spacial score (nSPS) is 15.4. The second-order valence-corrected chi connectivity index (χ2v) is 7.43. The van der Waals surface area contributed by atoms with Crippen LogP contribution in [-0.4, -0.2) is 62.1 Å². The third kappa shape index (κ3) is 8.49. The molecule has 1 heterocycles. The number of halogens is 1. The summed E-state index contributed by atoms with van der Waals surface area (Å²) in [5.74, 6) is 1.29. The van der Waals surface area contributed by atoms with Crippen molar-refractivity contribution in [2.24, 2.45) is 10.7 Å². The van der Waals surface area contributed by atoms with E-state index in [4.69, 9.17) is 10.5 Å². The van der Waals surface area contributed by atoms with Gasteiger partial charge < -0.3 is 20.7 Å². The predicted molar refractivity (Wildman–Crippen MR) is 136 cm³/mol. The van der Waals surface area contributed by atoms with Crippen LogP contribution in [0.3, 0.4) is 0 Å². The molecule has 7 heteroatoms. The molecule has 0 aromatic heterocycles. The Morgan fingerprint density at radius 2 is 1.63 bits per heavy atom. The topological polar surface area (TPSA) is 66.1 Å². The van der Waals surface area contributed by atoms with Crippen LogP contribution < -0.4 is 15.8 Å². The zero-order valence-corrected chi connectivity index (χ0v) is 20.1. The first-order valence-corrected chi connectivity index (χ1v) is 10.4. The van der Waals surface area contributed by atoms with E-state index in [1.54, 1.807) is 7.11 Å². The van der Waals surface area contributed by atoms with Crippen LogP contribution >= 0.6 is 24.0 Å². The molecule has 0 saturated carbocycles. The number of piperazine rings is 1. The number of nitrogens with two attached hydrogens (primary N) is 1. The number of guanidine groups is 1. The number of hydrogen-bond acceptors (Lipinski definition) is 4. The summed E-state index contributed by atoms with van der Waals surface area (Å²) in [6.07, 6.45) is 2.20. The van der Waals surface area contributed by atoms with Crippen molar-refractivity contribution in [1.29, 1.82) is 0 Å². The van der Waals surface area contributed by atoms with Crippen molar-refractivity contribution < 1.29 is 4.74 Å². The summed E-state index contributed by atoms with van der Waals surface area (Å²) in [5.41, 5.74) is 8.29. The summed E-state index contributed by atoms with van der Waals surface area (Å²) in [4.78, 5) is 9.53. The first-order chi connectivity index (χ1) is 14.2. The molecule has 0 atom stereocenters. The van der Waals surface area contributed by atoms with Gasteiger partial charge in [0.25, 0.3) is 0 Å². The van der Waals surface area contributed by atoms with Crippen molar-refractivity contribution in [1.82, 2.24) is 9.80 Å². The molecular formula is C23H34IN5O. The van der Waals surface area contributed by atoms with Gasteiger partial charge in [-0.15, -0.1) is 24.0 Å². The second kappa shape index (κ2) is 13.5. The molecule has 0 spiro atoms. The molecule has 1 aliphatic heterocycles. The van der Waals surface area contributed by atoms with Crippen molar-refractivity contribution in [3.05, 3.63) is 60.2 Å². The van der Waals surface area contributed by atoms with Crippen LogP contribution in [0.5, 0.6) is 5.75 Å². The summed E-state index contributed by atoms with van der Waals surface area (Å²) in [6, 6.07) is 18.4. The minimum atomic E-state index is 0. The molecule has 2 aromatic carbocycles. The quantitative estimate of drug-likeness (QED) is 0.228. The molecule has 0 bridgehead atoms. The molecule has 6 nitrogen and oxygen atoms in total. The molecule has 1 aliphatic rings. The minimum absolute atomic E-state index is 0. The van der Waals surface area contributed by atoms with Crippen LogP contribution in [0.2, 0.25) is 0 Å². The van der Waals surface area contributed by atoms with Crippen LogP contribution in [-0.2, 0) is 6.54 Å². The van der Waals surface area contributed by atoms with Gasteiger partial charge in [-0.25, -0.2) is 0 Å². The van der Waals surface area contributed by atoms with E-state index < -0.39 is 0 Å². The molecular weight excluding hydrogens is 489 g/mol. The number of aliphatic imine (C=N–C) groups is 1. The van der Waals surface area contributed by atoms with Crippen molar-refractivity contribution in [2.45, 2.75) is 19.4 Å². The lowest BCUT2D eigenvalue weighted by atomic mass is 10.2. The first kappa shape index (κ1) is 24.4. The zero-order chi connectivity index (χ0) is 20.3. The van der Waals surface area contributed by atoms with E-state index in [9.17, 15) is 0 Å². The maximum Gasteiger partial charge on any atom is 0.193 e. The number of methoxy groups -OCH3 is 1. The first-order valence-electron chi connectivity index (χ1n) is 10.4. The van der Waals surface area contributed by atoms with E-state index in [1.165, 1.54) is 5.56 Å². The monoisotopic (exact) mass is 523 g/mol. The van der Waals surface area contributed by atoms with Gasteiger partial charge >= 0.3 is 0 Å². The van der Waals surface area contributed by atoms with Gasteiger partial charge in [0.05, 0.1) is 7.11 Å². The van der Waals surface area contributed by atoms with Gasteiger partial charge in [0, 0.05) is 45.0 Å². The van der Waals surface area contributed by atoms with Crippen LogP contribution in [0.1, 0.15) is 18.4 Å². The molecule has 2 aromatic rings. The molecule has 30 heavy (non-hydrogen) atoms. The minimum Gasteiger partial charge on any atom is -0.497 e. The number of anilines is 1. The number of unbranched alkanes of at least 4 members (excludes halogenated alkanes) is 1. The van der Waals surface area contributed by atoms with E-state index >= 15 is 0 Å². The fraction of sp³-hybridized carbons (Fsp3) is 0.435. The number of nitrogens with zero attached hydrogens (tertiary/aromatic N) is 3. The molecule has 164 valence electrons. The number of rotatable bonds is 9. The van der Waals surface area contributed by atoms with E-state index in [2.05, 4.69) is 50.4 Å². The summed E-state index contributed by atoms with van der Waals surface area (Å²) < 4.78 is 5.15. The fourth-order valence-corrected chi connectivity index (χ4v) is 3.52. The van der Waals surface area contributed by atoms with Crippen LogP contribution in [0.25, 0.3) is 0 Å². The summed E-state index contributed by atoms with van der Waals surface area (Å²) in [7, 11) is 1.66. The Kier molecular flexibility index (Phi) is 11.0. The van der Waals surface area contributed by atoms with Crippen LogP contribution in [0.4, 0.5) is 5.69 Å². The second-order valence-electron chi connectivity index (χ2n) is 7.43. The van der Waals surface area contributed by atoms with Gasteiger partial charge in [-0.3, -0.25) is 9.89 Å². The number of benzene rings is 2. The number of hydrogen-bond donors (Lipinski definition) is 2. The summed E-state index contributed by atoms with van der Waals surface area (Å²) >= 11 is 0. The van der Waals surface area contributed by atoms with E-state index in [-0.39, 0.29) is 24.0 Å². The van der Waals surface area contributed by atoms with Crippen molar-refractivity contribution in [3.63, 3.8) is 0 Å². The molecule has 0 radical (unpaired) electrons. The van der Waals surface area contributed by atoms with Crippen LogP contribution in [0, 0.1) is 0 Å². The average molecular weight is 523 g/mol. The Morgan fingerprint density at radius 3 is 2.30 bits per heavy atom. The van der Waals surface area contributed by atoms with Gasteiger partial charge in [0.1, 0.15) is 5.75 Å². The molecule has 0 amide bonds. The van der Waals surface area contributed by atoms with Crippen molar-refractivity contribution in [3.8, 4) is 5.75 Å². The Balaban J connectivity index is 0.00000320. The molecule has 0 aliphatic carbocycles. The Labute approximate surface area is 197 Å². The SMILES string of the molecule is COc1ccc(NC(N)=NCCCCN2CCN(Cc3ccccc3)CC2)cc1.I. The fourth-order valence-electron chi connectivity index (χ4n) is 3.52. The highest BCUT2D eigenvalue weighted by molar-refractivity contribution is 14.0. The van der Waals surface area contributed by atoms with E-state index in [1.807, 2.05) is 24.3 Å². The van der Waals surface area contributed by atoms with Crippen molar-refractivity contribution in [2.75, 3.05) is 51.7 Å². The maximum atomic E-state index is 5.97. The van der Waals surface area contributed by atoms with Gasteiger partial charge in [-0.05, 0) is 49.2 Å². The number of ether oxygens (including phenoxy) is 1. The highest BCUT2D eigenvalue weighted by Crippen LogP contribution is 2.14. The van der Waals surface area contributed by atoms with Gasteiger partial charge in [-0.2, -0.15) is 0 Å². The Hall–Kier alpha value is -1.84. The molecule has 0 unspecified atom stereocenters. The lowest BCUT2D eigenvalue weighted by Crippen LogP contribution is -2.46. The smallest absolute Gasteiger partial charge is 0.193 e. The highest BCUT2D eigenvalue weighted by atomic mass is 127. The summed E-state index contributed by atoms with van der Waals surface area (Å²) in [5, 5.41) is 3.11. The molecule has 3 N–H and O–H groups in total. The highest BCUT2D eigenvalue weighted by Gasteiger charge is 2.16. The molecule has 3 rings (SSSR count). The lowest BCUT2D eigenvalue weighted by Gasteiger charge is -2.34. The predicted octanol–water partition coefficient (Wildman–Crippen LogP) is 3.64. The van der Waals surface area contributed by atoms with Gasteiger partial charge in [0.2, 0.25) is 0 Å². The maximum absolute atomic E-state index is 5.97. The molecule has 1 saturated heterocycles. The lowest BCUT2D eigenvalue weighted by molar-refractivity contribution is 0.126. The summed E-state index contributed by atoms with van der Waals surface area (Å²) in [6.45, 7) is 7.54. The Bertz CT molecular complexity index is 746. The van der Waals surface area contributed by atoms with E-state index in [0.29, 0.717) is 5.96 Å². The molecule has 1 fully saturated rings. The average Bonchev–Trinajstić information content (AvgIpc) is 2.76. The zero-order valence-electron chi connectivity index (χ0n) is 17.8. The van der Waals surface area contributed by atoms with Crippen LogP contribution in [0.15, 0.2) is 59.6 Å². The van der Waals surface area contributed by atoms with Crippen molar-refractivity contribution >= 4 is 35.6 Å². The number of nitrogens with one attached hydrogen (secondary N) is 1. The third-order valence-corrected chi connectivity index (χ3v) is 5.24.